The van der Waals surface area contributed by atoms with Crippen LogP contribution < -0.4 is 10.2 Å². The van der Waals surface area contributed by atoms with Crippen LogP contribution in [0.2, 0.25) is 0 Å². The van der Waals surface area contributed by atoms with Crippen LogP contribution in [-0.2, 0) is 4.79 Å². The van der Waals surface area contributed by atoms with E-state index in [2.05, 4.69) is 15.6 Å². The molecule has 1 heterocycles. The van der Waals surface area contributed by atoms with E-state index in [-0.39, 0.29) is 12.5 Å². The highest BCUT2D eigenvalue weighted by Gasteiger charge is 2.11. The van der Waals surface area contributed by atoms with Crippen LogP contribution in [-0.4, -0.2) is 33.6 Å². The minimum atomic E-state index is -0.267. The Morgan fingerprint density at radius 2 is 2.00 bits per heavy atom. The van der Waals surface area contributed by atoms with Crippen molar-refractivity contribution >= 4 is 28.4 Å². The van der Waals surface area contributed by atoms with Gasteiger partial charge < -0.3 is 4.74 Å². The number of benzene rings is 2. The van der Waals surface area contributed by atoms with Gasteiger partial charge in [0, 0.05) is 0 Å². The van der Waals surface area contributed by atoms with Crippen LogP contribution in [0.4, 0.5) is 0 Å². The normalized spacial score (nSPS) is 10.7. The maximum atomic E-state index is 12.0. The van der Waals surface area contributed by atoms with Gasteiger partial charge in [-0.15, -0.1) is 10.2 Å². The third-order valence-corrected chi connectivity index (χ3v) is 3.93. The zero-order valence-electron chi connectivity index (χ0n) is 12.8. The molecule has 0 aliphatic carbocycles. The molecule has 0 aliphatic heterocycles. The van der Waals surface area contributed by atoms with E-state index < -0.39 is 0 Å². The zero-order chi connectivity index (χ0) is 16.2. The molecule has 0 unspecified atom stereocenters. The van der Waals surface area contributed by atoms with E-state index in [4.69, 9.17) is 4.74 Å². The van der Waals surface area contributed by atoms with Gasteiger partial charge in [-0.25, -0.2) is 4.68 Å². The van der Waals surface area contributed by atoms with E-state index >= 15 is 0 Å². The van der Waals surface area contributed by atoms with Gasteiger partial charge in [0.2, 0.25) is 5.16 Å². The molecule has 0 saturated heterocycles. The number of thioether (sulfide) groups is 1. The van der Waals surface area contributed by atoms with E-state index in [1.165, 1.54) is 11.8 Å². The molecule has 0 aliphatic rings. The Kier molecular flexibility index (Phi) is 4.47. The predicted octanol–water partition coefficient (Wildman–Crippen LogP) is 2.61. The molecule has 0 fully saturated rings. The first kappa shape index (κ1) is 15.4. The second-order valence-corrected chi connectivity index (χ2v) is 5.68. The predicted molar refractivity (Wildman–Crippen MR) is 90.4 cm³/mol. The van der Waals surface area contributed by atoms with Crippen LogP contribution in [0.3, 0.4) is 0 Å². The smallest absolute Gasteiger partial charge is 0.276 e. The van der Waals surface area contributed by atoms with Crippen molar-refractivity contribution < 1.29 is 9.53 Å². The second kappa shape index (κ2) is 6.70. The maximum absolute atomic E-state index is 12.0. The number of carbonyl (C=O) groups is 1. The fourth-order valence-corrected chi connectivity index (χ4v) is 2.65. The molecule has 0 atom stereocenters. The van der Waals surface area contributed by atoms with Gasteiger partial charge in [-0.1, -0.05) is 42.1 Å². The monoisotopic (exact) mass is 328 g/mol. The third kappa shape index (κ3) is 3.45. The molecule has 0 spiro atoms. The number of aromatic nitrogens is 3. The minimum absolute atomic E-state index is 0.0796. The Hall–Kier alpha value is -2.54. The van der Waals surface area contributed by atoms with E-state index in [9.17, 15) is 4.79 Å². The van der Waals surface area contributed by atoms with Crippen molar-refractivity contribution in [2.24, 2.45) is 0 Å². The Labute approximate surface area is 137 Å². The fourth-order valence-electron chi connectivity index (χ4n) is 2.17. The van der Waals surface area contributed by atoms with Crippen molar-refractivity contribution in [1.29, 1.82) is 0 Å². The SMILES string of the molecule is CSc1nnc(C)n1NC(=O)COc1ccc2ccccc2c1. The molecule has 2 aromatic carbocycles. The Balaban J connectivity index is 1.65. The van der Waals surface area contributed by atoms with E-state index in [1.807, 2.05) is 48.7 Å². The van der Waals surface area contributed by atoms with Gasteiger partial charge in [0.1, 0.15) is 11.6 Å². The second-order valence-electron chi connectivity index (χ2n) is 4.90. The first-order valence-corrected chi connectivity index (χ1v) is 8.27. The third-order valence-electron chi connectivity index (χ3n) is 3.31. The van der Waals surface area contributed by atoms with Crippen molar-refractivity contribution in [3.63, 3.8) is 0 Å². The summed E-state index contributed by atoms with van der Waals surface area (Å²) in [6.45, 7) is 1.70. The van der Waals surface area contributed by atoms with Crippen LogP contribution in [0.5, 0.6) is 5.75 Å². The minimum Gasteiger partial charge on any atom is -0.484 e. The molecule has 118 valence electrons. The summed E-state index contributed by atoms with van der Waals surface area (Å²) in [4.78, 5) is 12.0. The molecule has 23 heavy (non-hydrogen) atoms. The molecule has 1 aromatic heterocycles. The van der Waals surface area contributed by atoms with Gasteiger partial charge in [-0.3, -0.25) is 10.2 Å². The fraction of sp³-hybridized carbons (Fsp3) is 0.188. The summed E-state index contributed by atoms with van der Waals surface area (Å²) < 4.78 is 7.12. The quantitative estimate of drug-likeness (QED) is 0.729. The van der Waals surface area contributed by atoms with Gasteiger partial charge in [-0.2, -0.15) is 0 Å². The molecule has 0 radical (unpaired) electrons. The summed E-state index contributed by atoms with van der Waals surface area (Å²) >= 11 is 1.41. The molecule has 7 heteroatoms. The van der Waals surface area contributed by atoms with Crippen molar-refractivity contribution in [2.75, 3.05) is 18.3 Å². The van der Waals surface area contributed by atoms with Crippen LogP contribution in [0.15, 0.2) is 47.6 Å². The molecule has 0 bridgehead atoms. The van der Waals surface area contributed by atoms with E-state index in [0.29, 0.717) is 16.7 Å². The molecular weight excluding hydrogens is 312 g/mol. The molecule has 1 amide bonds. The number of ether oxygens (including phenoxy) is 1. The Bertz CT molecular complexity index is 847. The summed E-state index contributed by atoms with van der Waals surface area (Å²) in [5, 5.41) is 10.7. The number of amides is 1. The Morgan fingerprint density at radius 1 is 1.22 bits per heavy atom. The molecule has 6 nitrogen and oxygen atoms in total. The summed E-state index contributed by atoms with van der Waals surface area (Å²) in [7, 11) is 0. The average molecular weight is 328 g/mol. The number of hydrogen-bond donors (Lipinski definition) is 1. The van der Waals surface area contributed by atoms with Gasteiger partial charge in [0.25, 0.3) is 5.91 Å². The van der Waals surface area contributed by atoms with E-state index in [1.54, 1.807) is 11.6 Å². The summed E-state index contributed by atoms with van der Waals surface area (Å²) in [5.41, 5.74) is 2.72. The van der Waals surface area contributed by atoms with Crippen molar-refractivity contribution in [3.8, 4) is 5.75 Å². The Morgan fingerprint density at radius 3 is 2.78 bits per heavy atom. The van der Waals surface area contributed by atoms with Crippen molar-refractivity contribution in [2.45, 2.75) is 12.1 Å². The first-order valence-electron chi connectivity index (χ1n) is 7.05. The number of nitrogens with one attached hydrogen (secondary N) is 1. The largest absolute Gasteiger partial charge is 0.484 e. The van der Waals surface area contributed by atoms with Crippen molar-refractivity contribution in [1.82, 2.24) is 14.9 Å². The van der Waals surface area contributed by atoms with Gasteiger partial charge in [0.05, 0.1) is 0 Å². The zero-order valence-corrected chi connectivity index (χ0v) is 13.6. The van der Waals surface area contributed by atoms with Gasteiger partial charge >= 0.3 is 0 Å². The highest BCUT2D eigenvalue weighted by Crippen LogP contribution is 2.20. The molecule has 1 N–H and O–H groups in total. The van der Waals surface area contributed by atoms with Crippen LogP contribution in [0.25, 0.3) is 10.8 Å². The number of aryl methyl sites for hydroxylation is 1. The number of hydrogen-bond acceptors (Lipinski definition) is 5. The van der Waals surface area contributed by atoms with Crippen LogP contribution in [0.1, 0.15) is 5.82 Å². The van der Waals surface area contributed by atoms with Crippen LogP contribution in [0, 0.1) is 6.92 Å². The lowest BCUT2D eigenvalue weighted by Crippen LogP contribution is -2.29. The highest BCUT2D eigenvalue weighted by molar-refractivity contribution is 7.98. The number of nitrogens with zero attached hydrogens (tertiary/aromatic N) is 3. The first-order chi connectivity index (χ1) is 11.2. The maximum Gasteiger partial charge on any atom is 0.276 e. The average Bonchev–Trinajstić information content (AvgIpc) is 2.93. The van der Waals surface area contributed by atoms with E-state index in [0.717, 1.165) is 10.8 Å². The lowest BCUT2D eigenvalue weighted by atomic mass is 10.1. The van der Waals surface area contributed by atoms with Crippen molar-refractivity contribution in [3.05, 3.63) is 48.3 Å². The number of carbonyl (C=O) groups excluding carboxylic acids is 1. The summed E-state index contributed by atoms with van der Waals surface area (Å²) in [6.07, 6.45) is 1.87. The van der Waals surface area contributed by atoms with Gasteiger partial charge in [0.15, 0.2) is 6.61 Å². The molecule has 3 rings (SSSR count). The van der Waals surface area contributed by atoms with Gasteiger partial charge in [-0.05, 0) is 36.1 Å². The molecular formula is C16H16N4O2S. The number of fused-ring (bicyclic) bond motifs is 1. The highest BCUT2D eigenvalue weighted by atomic mass is 32.2. The standard InChI is InChI=1S/C16H16N4O2S/c1-11-17-18-16(23-2)20(11)19-15(21)10-22-14-8-7-12-5-3-4-6-13(12)9-14/h3-9H,10H2,1-2H3,(H,19,21). The topological polar surface area (TPSA) is 69.0 Å². The lowest BCUT2D eigenvalue weighted by molar-refractivity contribution is -0.119. The summed E-state index contributed by atoms with van der Waals surface area (Å²) in [5.74, 6) is 1.01. The lowest BCUT2D eigenvalue weighted by Gasteiger charge is -2.10. The molecule has 3 aromatic rings. The summed E-state index contributed by atoms with van der Waals surface area (Å²) in [6, 6.07) is 13.7. The van der Waals surface area contributed by atoms with Crippen LogP contribution >= 0.6 is 11.8 Å². The number of rotatable bonds is 5. The molecule has 0 saturated carbocycles.